The van der Waals surface area contributed by atoms with Crippen LogP contribution in [0.4, 0.5) is 0 Å². The Bertz CT molecular complexity index is 857. The van der Waals surface area contributed by atoms with E-state index >= 15 is 0 Å². The predicted octanol–water partition coefficient (Wildman–Crippen LogP) is 5.31. The molecule has 2 nitrogen and oxygen atoms in total. The van der Waals surface area contributed by atoms with Crippen LogP contribution in [0, 0.1) is 29.6 Å². The van der Waals surface area contributed by atoms with Crippen LogP contribution in [0.5, 0.6) is 5.75 Å². The van der Waals surface area contributed by atoms with E-state index in [2.05, 4.69) is 73.8 Å². The van der Waals surface area contributed by atoms with Crippen LogP contribution in [0.3, 0.4) is 0 Å². The Balaban J connectivity index is 1.93. The van der Waals surface area contributed by atoms with Crippen LogP contribution in [0.25, 0.3) is 0 Å². The molecule has 0 spiro atoms. The van der Waals surface area contributed by atoms with Gasteiger partial charge in [0.2, 0.25) is 0 Å². The van der Waals surface area contributed by atoms with Gasteiger partial charge in [0.15, 0.2) is 0 Å². The number of allylic oxidation sites excluding steroid dienone is 1. The Hall–Kier alpha value is -2.94. The zero-order valence-electron chi connectivity index (χ0n) is 17.1. The fourth-order valence-corrected chi connectivity index (χ4v) is 2.57. The fraction of sp³-hybridized carbons (Fsp3) is 0.308. The third kappa shape index (κ3) is 8.63. The predicted molar refractivity (Wildman–Crippen MR) is 118 cm³/mol. The monoisotopic (exact) mass is 371 g/mol. The van der Waals surface area contributed by atoms with Crippen molar-refractivity contribution in [1.29, 1.82) is 0 Å². The first-order chi connectivity index (χ1) is 13.5. The van der Waals surface area contributed by atoms with Gasteiger partial charge < -0.3 is 4.74 Å². The van der Waals surface area contributed by atoms with Gasteiger partial charge in [0, 0.05) is 18.5 Å². The van der Waals surface area contributed by atoms with E-state index in [9.17, 15) is 0 Å². The summed E-state index contributed by atoms with van der Waals surface area (Å²) in [6, 6.07) is 18.4. The van der Waals surface area contributed by atoms with E-state index in [1.165, 1.54) is 5.56 Å². The average Bonchev–Trinajstić information content (AvgIpc) is 2.66. The summed E-state index contributed by atoms with van der Waals surface area (Å²) >= 11 is 0. The van der Waals surface area contributed by atoms with Crippen LogP contribution < -0.4 is 4.74 Å². The number of rotatable bonds is 8. The smallest absolute Gasteiger partial charge is 0.120 e. The summed E-state index contributed by atoms with van der Waals surface area (Å²) in [6.07, 6.45) is 9.52. The van der Waals surface area contributed by atoms with Crippen molar-refractivity contribution < 1.29 is 4.74 Å². The molecule has 0 radical (unpaired) electrons. The minimum atomic E-state index is 0.0169. The van der Waals surface area contributed by atoms with Gasteiger partial charge in [-0.25, -0.2) is 0 Å². The maximum atomic E-state index is 5.93. The molecule has 0 fully saturated rings. The molecular formula is C26H29NO. The molecule has 0 amide bonds. The van der Waals surface area contributed by atoms with Crippen LogP contribution in [0.15, 0.2) is 66.7 Å². The van der Waals surface area contributed by atoms with Gasteiger partial charge in [-0.05, 0) is 50.1 Å². The van der Waals surface area contributed by atoms with Crippen LogP contribution in [-0.2, 0) is 13.2 Å². The topological polar surface area (TPSA) is 12.5 Å². The lowest BCUT2D eigenvalue weighted by Gasteiger charge is -2.18. The largest absolute Gasteiger partial charge is 0.489 e. The molecule has 28 heavy (non-hydrogen) atoms. The summed E-state index contributed by atoms with van der Waals surface area (Å²) in [6.45, 7) is 8.99. The molecule has 0 aliphatic carbocycles. The highest BCUT2D eigenvalue weighted by Crippen LogP contribution is 2.17. The third-order valence-electron chi connectivity index (χ3n) is 3.88. The van der Waals surface area contributed by atoms with Crippen molar-refractivity contribution >= 4 is 0 Å². The van der Waals surface area contributed by atoms with Gasteiger partial charge in [-0.15, -0.1) is 6.42 Å². The summed E-state index contributed by atoms with van der Waals surface area (Å²) in [7, 11) is 0. The summed E-state index contributed by atoms with van der Waals surface area (Å²) < 4.78 is 5.93. The van der Waals surface area contributed by atoms with Gasteiger partial charge in [-0.1, -0.05) is 66.3 Å². The van der Waals surface area contributed by atoms with E-state index in [0.29, 0.717) is 13.2 Å². The molecule has 0 saturated heterocycles. The van der Waals surface area contributed by atoms with Gasteiger partial charge in [0.05, 0.1) is 6.54 Å². The van der Waals surface area contributed by atoms with Crippen molar-refractivity contribution in [3.05, 3.63) is 77.9 Å². The number of benzene rings is 2. The average molecular weight is 372 g/mol. The van der Waals surface area contributed by atoms with E-state index in [1.807, 2.05) is 36.4 Å². The van der Waals surface area contributed by atoms with Crippen molar-refractivity contribution in [3.8, 4) is 29.9 Å². The van der Waals surface area contributed by atoms with Gasteiger partial charge >= 0.3 is 0 Å². The molecule has 0 bridgehead atoms. The molecule has 0 N–H and O–H groups in total. The molecule has 0 heterocycles. The molecule has 2 heteroatoms. The lowest BCUT2D eigenvalue weighted by Crippen LogP contribution is -2.23. The van der Waals surface area contributed by atoms with Crippen molar-refractivity contribution in [2.45, 2.75) is 33.9 Å². The summed E-state index contributed by atoms with van der Waals surface area (Å²) in [5.74, 6) is 9.91. The van der Waals surface area contributed by atoms with Crippen molar-refractivity contribution in [2.24, 2.45) is 5.41 Å². The molecule has 0 unspecified atom stereocenters. The SMILES string of the molecule is C#CCN(CC=CC#CC(C)(C)C)Cc1cccc(OCc2ccccc2)c1. The highest BCUT2D eigenvalue weighted by molar-refractivity contribution is 5.29. The number of ether oxygens (including phenoxy) is 1. The second-order valence-electron chi connectivity index (χ2n) is 7.72. The fourth-order valence-electron chi connectivity index (χ4n) is 2.57. The van der Waals surface area contributed by atoms with Gasteiger partial charge in [-0.3, -0.25) is 4.90 Å². The molecular weight excluding hydrogens is 342 g/mol. The highest BCUT2D eigenvalue weighted by atomic mass is 16.5. The Morgan fingerprint density at radius 2 is 1.79 bits per heavy atom. The van der Waals surface area contributed by atoms with Crippen LogP contribution >= 0.6 is 0 Å². The van der Waals surface area contributed by atoms with E-state index in [4.69, 9.17) is 11.2 Å². The normalized spacial score (nSPS) is 11.1. The Morgan fingerprint density at radius 3 is 2.50 bits per heavy atom. The van der Waals surface area contributed by atoms with Crippen molar-refractivity contribution in [1.82, 2.24) is 4.90 Å². The lowest BCUT2D eigenvalue weighted by molar-refractivity contribution is 0.303. The molecule has 2 aromatic rings. The maximum Gasteiger partial charge on any atom is 0.120 e. The molecule has 0 atom stereocenters. The molecule has 144 valence electrons. The van der Waals surface area contributed by atoms with Crippen molar-refractivity contribution in [3.63, 3.8) is 0 Å². The number of terminal acetylenes is 1. The van der Waals surface area contributed by atoms with Gasteiger partial charge in [0.25, 0.3) is 0 Å². The highest BCUT2D eigenvalue weighted by Gasteiger charge is 2.05. The lowest BCUT2D eigenvalue weighted by atomic mass is 9.98. The summed E-state index contributed by atoms with van der Waals surface area (Å²) in [5.41, 5.74) is 2.35. The summed E-state index contributed by atoms with van der Waals surface area (Å²) in [4.78, 5) is 2.20. The van der Waals surface area contributed by atoms with Crippen LogP contribution in [-0.4, -0.2) is 18.0 Å². The van der Waals surface area contributed by atoms with E-state index in [0.717, 1.165) is 24.4 Å². The number of nitrogens with zero attached hydrogens (tertiary/aromatic N) is 1. The number of hydrogen-bond donors (Lipinski definition) is 0. The molecule has 2 rings (SSSR count). The van der Waals surface area contributed by atoms with E-state index in [1.54, 1.807) is 0 Å². The summed E-state index contributed by atoms with van der Waals surface area (Å²) in [5, 5.41) is 0. The first-order valence-corrected chi connectivity index (χ1v) is 9.55. The van der Waals surface area contributed by atoms with E-state index in [-0.39, 0.29) is 5.41 Å². The zero-order chi connectivity index (χ0) is 20.2. The van der Waals surface area contributed by atoms with Crippen molar-refractivity contribution in [2.75, 3.05) is 13.1 Å². The standard InChI is InChI=1S/C26H29NO/c1-5-18-27(19-11-7-10-17-26(2,3)4)21-24-15-12-16-25(20-24)28-22-23-13-8-6-9-14-23/h1,6-9,11-16,20H,18-19,21-22H2,2-4H3. The molecule has 0 saturated carbocycles. The minimum Gasteiger partial charge on any atom is -0.489 e. The second kappa shape index (κ2) is 11.0. The molecule has 0 aliphatic heterocycles. The van der Waals surface area contributed by atoms with Gasteiger partial charge in [-0.2, -0.15) is 0 Å². The molecule has 0 aromatic heterocycles. The Morgan fingerprint density at radius 1 is 1.04 bits per heavy atom. The van der Waals surface area contributed by atoms with Crippen LogP contribution in [0.1, 0.15) is 31.9 Å². The Kier molecular flexibility index (Phi) is 8.41. The van der Waals surface area contributed by atoms with Gasteiger partial charge in [0.1, 0.15) is 12.4 Å². The second-order valence-corrected chi connectivity index (χ2v) is 7.72. The van der Waals surface area contributed by atoms with Crippen LogP contribution in [0.2, 0.25) is 0 Å². The maximum absolute atomic E-state index is 5.93. The quantitative estimate of drug-likeness (QED) is 0.583. The first kappa shape index (κ1) is 21.4. The Labute approximate surface area is 170 Å². The zero-order valence-corrected chi connectivity index (χ0v) is 17.1. The molecule has 0 aliphatic rings. The third-order valence-corrected chi connectivity index (χ3v) is 3.88. The van der Waals surface area contributed by atoms with E-state index < -0.39 is 0 Å². The molecule has 2 aromatic carbocycles. The first-order valence-electron chi connectivity index (χ1n) is 9.55. The number of hydrogen-bond acceptors (Lipinski definition) is 2. The minimum absolute atomic E-state index is 0.0169.